The summed E-state index contributed by atoms with van der Waals surface area (Å²) in [5.41, 5.74) is 2.75. The van der Waals surface area contributed by atoms with Gasteiger partial charge in [-0.1, -0.05) is 57.2 Å². The van der Waals surface area contributed by atoms with Crippen molar-refractivity contribution in [3.05, 3.63) is 65.2 Å². The fourth-order valence-corrected chi connectivity index (χ4v) is 4.34. The lowest BCUT2D eigenvalue weighted by molar-refractivity contribution is -0.124. The van der Waals surface area contributed by atoms with Gasteiger partial charge in [0.25, 0.3) is 5.91 Å². The minimum Gasteiger partial charge on any atom is -0.496 e. The van der Waals surface area contributed by atoms with E-state index in [0.29, 0.717) is 17.9 Å². The number of nitrogens with zero attached hydrogens (tertiary/aromatic N) is 1. The zero-order valence-electron chi connectivity index (χ0n) is 20.3. The molecule has 2 aromatic rings. The second-order valence-corrected chi connectivity index (χ2v) is 9.41. The summed E-state index contributed by atoms with van der Waals surface area (Å²) >= 11 is 0. The van der Waals surface area contributed by atoms with Crippen LogP contribution in [0.1, 0.15) is 55.1 Å². The molecule has 1 heterocycles. The molecule has 2 N–H and O–H groups in total. The molecule has 1 saturated heterocycles. The molecule has 1 aliphatic rings. The molecule has 0 aromatic heterocycles. The van der Waals surface area contributed by atoms with Crippen LogP contribution >= 0.6 is 0 Å². The second kappa shape index (κ2) is 11.8. The Labute approximate surface area is 197 Å². The molecule has 2 atom stereocenters. The first-order chi connectivity index (χ1) is 15.9. The van der Waals surface area contributed by atoms with Gasteiger partial charge in [-0.25, -0.2) is 0 Å². The van der Waals surface area contributed by atoms with E-state index in [1.165, 1.54) is 32.1 Å². The predicted octanol–water partition coefficient (Wildman–Crippen LogP) is 4.00. The number of para-hydroxylation sites is 1. The lowest BCUT2D eigenvalue weighted by Crippen LogP contribution is -2.49. The lowest BCUT2D eigenvalue weighted by Gasteiger charge is -2.30. The normalized spacial score (nSPS) is 17.4. The molecule has 178 valence electrons. The van der Waals surface area contributed by atoms with Gasteiger partial charge in [-0.2, -0.15) is 0 Å². The molecule has 2 aromatic carbocycles. The Morgan fingerprint density at radius 1 is 1.09 bits per heavy atom. The van der Waals surface area contributed by atoms with Gasteiger partial charge >= 0.3 is 0 Å². The van der Waals surface area contributed by atoms with Crippen molar-refractivity contribution in [3.63, 3.8) is 0 Å². The summed E-state index contributed by atoms with van der Waals surface area (Å²) in [5.74, 6) is 0.679. The average Bonchev–Trinajstić information content (AvgIpc) is 2.81. The van der Waals surface area contributed by atoms with E-state index in [1.807, 2.05) is 13.8 Å². The number of methoxy groups -OCH3 is 1. The zero-order valence-corrected chi connectivity index (χ0v) is 20.3. The predicted molar refractivity (Wildman–Crippen MR) is 131 cm³/mol. The van der Waals surface area contributed by atoms with Gasteiger partial charge in [-0.3, -0.25) is 14.5 Å². The Morgan fingerprint density at radius 2 is 1.79 bits per heavy atom. The standard InChI is InChI=1S/C27H37N3O3/c1-19(2)25(29-26(31)23-9-5-6-10-24(23)33-4)27(32)28-16-21-11-13-22(14-12-21)18-30-15-7-8-20(3)17-30/h5-6,9-14,19-20,25H,7-8,15-18H2,1-4H3,(H,28,32)(H,29,31). The molecule has 6 heteroatoms. The van der Waals surface area contributed by atoms with Gasteiger partial charge in [-0.15, -0.1) is 0 Å². The number of rotatable bonds is 9. The molecule has 1 fully saturated rings. The van der Waals surface area contributed by atoms with Crippen LogP contribution < -0.4 is 15.4 Å². The summed E-state index contributed by atoms with van der Waals surface area (Å²) in [5, 5.41) is 5.84. The number of amides is 2. The quantitative estimate of drug-likeness (QED) is 0.605. The van der Waals surface area contributed by atoms with E-state index in [0.717, 1.165) is 24.6 Å². The van der Waals surface area contributed by atoms with Gasteiger partial charge in [0, 0.05) is 19.6 Å². The van der Waals surface area contributed by atoms with E-state index >= 15 is 0 Å². The molecule has 33 heavy (non-hydrogen) atoms. The Morgan fingerprint density at radius 3 is 2.45 bits per heavy atom. The van der Waals surface area contributed by atoms with E-state index in [1.54, 1.807) is 24.3 Å². The highest BCUT2D eigenvalue weighted by molar-refractivity contribution is 5.99. The van der Waals surface area contributed by atoms with E-state index in [-0.39, 0.29) is 17.7 Å². The third-order valence-corrected chi connectivity index (χ3v) is 6.22. The summed E-state index contributed by atoms with van der Waals surface area (Å²) in [7, 11) is 1.52. The van der Waals surface area contributed by atoms with Crippen LogP contribution in [-0.2, 0) is 17.9 Å². The van der Waals surface area contributed by atoms with Crippen molar-refractivity contribution in [2.24, 2.45) is 11.8 Å². The summed E-state index contributed by atoms with van der Waals surface area (Å²) in [4.78, 5) is 28.2. The first-order valence-corrected chi connectivity index (χ1v) is 11.9. The van der Waals surface area contributed by atoms with E-state index in [2.05, 4.69) is 46.7 Å². The molecule has 0 radical (unpaired) electrons. The van der Waals surface area contributed by atoms with E-state index in [9.17, 15) is 9.59 Å². The number of hydrogen-bond acceptors (Lipinski definition) is 4. The van der Waals surface area contributed by atoms with Gasteiger partial charge in [0.1, 0.15) is 11.8 Å². The van der Waals surface area contributed by atoms with Gasteiger partial charge in [0.2, 0.25) is 5.91 Å². The Bertz CT molecular complexity index is 926. The van der Waals surface area contributed by atoms with E-state index in [4.69, 9.17) is 4.74 Å². The highest BCUT2D eigenvalue weighted by Crippen LogP contribution is 2.19. The molecule has 0 bridgehead atoms. The molecular weight excluding hydrogens is 414 g/mol. The molecule has 1 aliphatic heterocycles. The van der Waals surface area contributed by atoms with Crippen molar-refractivity contribution >= 4 is 11.8 Å². The first kappa shape index (κ1) is 24.8. The molecule has 3 rings (SSSR count). The first-order valence-electron chi connectivity index (χ1n) is 11.9. The Balaban J connectivity index is 1.54. The largest absolute Gasteiger partial charge is 0.496 e. The van der Waals surface area contributed by atoms with Crippen molar-refractivity contribution < 1.29 is 14.3 Å². The number of carbonyl (C=O) groups excluding carboxylic acids is 2. The third-order valence-electron chi connectivity index (χ3n) is 6.22. The van der Waals surface area contributed by atoms with Crippen molar-refractivity contribution in [2.45, 2.75) is 52.7 Å². The number of piperidine rings is 1. The van der Waals surface area contributed by atoms with Crippen LogP contribution in [0.15, 0.2) is 48.5 Å². The molecule has 0 spiro atoms. The highest BCUT2D eigenvalue weighted by atomic mass is 16.5. The summed E-state index contributed by atoms with van der Waals surface area (Å²) in [6.45, 7) is 9.89. The second-order valence-electron chi connectivity index (χ2n) is 9.41. The van der Waals surface area contributed by atoms with Crippen LogP contribution in [-0.4, -0.2) is 43.0 Å². The maximum atomic E-state index is 12.9. The van der Waals surface area contributed by atoms with Gasteiger partial charge < -0.3 is 15.4 Å². The molecule has 0 saturated carbocycles. The van der Waals surface area contributed by atoms with Crippen LogP contribution in [0.2, 0.25) is 0 Å². The molecular formula is C27H37N3O3. The number of carbonyl (C=O) groups is 2. The maximum absolute atomic E-state index is 12.9. The maximum Gasteiger partial charge on any atom is 0.255 e. The van der Waals surface area contributed by atoms with Crippen molar-refractivity contribution in [2.75, 3.05) is 20.2 Å². The third kappa shape index (κ3) is 7.06. The van der Waals surface area contributed by atoms with Gasteiger partial charge in [-0.05, 0) is 54.5 Å². The molecule has 2 unspecified atom stereocenters. The van der Waals surface area contributed by atoms with Crippen LogP contribution in [0.3, 0.4) is 0 Å². The minimum atomic E-state index is -0.636. The summed E-state index contributed by atoms with van der Waals surface area (Å²) in [6, 6.07) is 14.8. The van der Waals surface area contributed by atoms with Crippen LogP contribution in [0.5, 0.6) is 5.75 Å². The smallest absolute Gasteiger partial charge is 0.255 e. The van der Waals surface area contributed by atoms with Gasteiger partial charge in [0.05, 0.1) is 12.7 Å². The van der Waals surface area contributed by atoms with Crippen molar-refractivity contribution in [1.82, 2.24) is 15.5 Å². The van der Waals surface area contributed by atoms with Crippen molar-refractivity contribution in [1.29, 1.82) is 0 Å². The number of benzene rings is 2. The van der Waals surface area contributed by atoms with Gasteiger partial charge in [0.15, 0.2) is 0 Å². The Kier molecular flexibility index (Phi) is 8.89. The molecule has 2 amide bonds. The fraction of sp³-hybridized carbons (Fsp3) is 0.481. The minimum absolute atomic E-state index is 0.0574. The highest BCUT2D eigenvalue weighted by Gasteiger charge is 2.25. The molecule has 0 aliphatic carbocycles. The monoisotopic (exact) mass is 451 g/mol. The lowest BCUT2D eigenvalue weighted by atomic mass is 9.99. The van der Waals surface area contributed by atoms with Crippen molar-refractivity contribution in [3.8, 4) is 5.75 Å². The molecule has 6 nitrogen and oxygen atoms in total. The number of ether oxygens (including phenoxy) is 1. The van der Waals surface area contributed by atoms with Crippen LogP contribution in [0.4, 0.5) is 0 Å². The Hall–Kier alpha value is -2.86. The summed E-state index contributed by atoms with van der Waals surface area (Å²) < 4.78 is 5.27. The van der Waals surface area contributed by atoms with Crippen LogP contribution in [0.25, 0.3) is 0 Å². The topological polar surface area (TPSA) is 70.7 Å². The number of likely N-dealkylation sites (tertiary alicyclic amines) is 1. The fourth-order valence-electron chi connectivity index (χ4n) is 4.34. The number of nitrogens with one attached hydrogen (secondary N) is 2. The van der Waals surface area contributed by atoms with E-state index < -0.39 is 6.04 Å². The zero-order chi connectivity index (χ0) is 23.8. The number of hydrogen-bond donors (Lipinski definition) is 2. The van der Waals surface area contributed by atoms with Crippen LogP contribution in [0, 0.1) is 11.8 Å². The summed E-state index contributed by atoms with van der Waals surface area (Å²) in [6.07, 6.45) is 2.60. The SMILES string of the molecule is COc1ccccc1C(=O)NC(C(=O)NCc1ccc(CN2CCCC(C)C2)cc1)C(C)C. The average molecular weight is 452 g/mol.